The first-order valence-electron chi connectivity index (χ1n) is 8.54. The number of benzene rings is 1. The first-order chi connectivity index (χ1) is 10.7. The van der Waals surface area contributed by atoms with Crippen molar-refractivity contribution in [3.05, 3.63) is 45.5 Å². The molecule has 0 bridgehead atoms. The minimum absolute atomic E-state index is 0.113. The van der Waals surface area contributed by atoms with Gasteiger partial charge in [-0.05, 0) is 24.0 Å². The van der Waals surface area contributed by atoms with E-state index in [4.69, 9.17) is 4.74 Å². The largest absolute Gasteiger partial charge is 0.366 e. The number of nitrogens with zero attached hydrogens (tertiary/aromatic N) is 1. The fourth-order valence-corrected chi connectivity index (χ4v) is 3.00. The van der Waals surface area contributed by atoms with Crippen molar-refractivity contribution in [2.75, 3.05) is 6.61 Å². The number of rotatable bonds is 9. The zero-order chi connectivity index (χ0) is 15.8. The van der Waals surface area contributed by atoms with Gasteiger partial charge in [0.25, 0.3) is 0 Å². The van der Waals surface area contributed by atoms with Crippen molar-refractivity contribution >= 4 is 0 Å². The normalized spacial score (nSPS) is 21.1. The fourth-order valence-electron chi connectivity index (χ4n) is 3.00. The lowest BCUT2D eigenvalue weighted by Crippen LogP contribution is -2.18. The SMILES string of the molecule is CCCCCCCCc1ccc(C2CC([N+](=O)[O-])CO2)cc1. The molecule has 0 N–H and O–H groups in total. The van der Waals surface area contributed by atoms with Crippen molar-refractivity contribution in [2.24, 2.45) is 0 Å². The Bertz CT molecular complexity index is 458. The zero-order valence-corrected chi connectivity index (χ0v) is 13.5. The van der Waals surface area contributed by atoms with Gasteiger partial charge in [-0.2, -0.15) is 0 Å². The van der Waals surface area contributed by atoms with E-state index >= 15 is 0 Å². The van der Waals surface area contributed by atoms with Gasteiger partial charge in [0.1, 0.15) is 6.61 Å². The van der Waals surface area contributed by atoms with Crippen LogP contribution in [0.3, 0.4) is 0 Å². The molecule has 4 heteroatoms. The molecular formula is C18H27NO3. The molecule has 1 aromatic rings. The molecule has 22 heavy (non-hydrogen) atoms. The molecule has 2 atom stereocenters. The molecule has 0 aliphatic carbocycles. The van der Waals surface area contributed by atoms with E-state index in [0.717, 1.165) is 12.0 Å². The van der Waals surface area contributed by atoms with Crippen LogP contribution in [0.1, 0.15) is 69.1 Å². The molecule has 2 rings (SSSR count). The third-order valence-corrected chi connectivity index (χ3v) is 4.44. The summed E-state index contributed by atoms with van der Waals surface area (Å²) in [6.07, 6.45) is 9.38. The lowest BCUT2D eigenvalue weighted by atomic mass is 10.0. The van der Waals surface area contributed by atoms with Gasteiger partial charge in [0.2, 0.25) is 6.04 Å². The first kappa shape index (κ1) is 16.9. The molecule has 0 spiro atoms. The Morgan fingerprint density at radius 3 is 2.45 bits per heavy atom. The molecule has 1 aliphatic rings. The fraction of sp³-hybridized carbons (Fsp3) is 0.667. The molecule has 1 aromatic carbocycles. The maximum Gasteiger partial charge on any atom is 0.238 e. The summed E-state index contributed by atoms with van der Waals surface area (Å²) in [5.41, 5.74) is 2.42. The number of ether oxygens (including phenoxy) is 1. The van der Waals surface area contributed by atoms with E-state index in [1.807, 2.05) is 0 Å². The van der Waals surface area contributed by atoms with Gasteiger partial charge < -0.3 is 4.74 Å². The predicted molar refractivity (Wildman–Crippen MR) is 87.6 cm³/mol. The topological polar surface area (TPSA) is 52.4 Å². The van der Waals surface area contributed by atoms with Crippen molar-refractivity contribution in [1.29, 1.82) is 0 Å². The van der Waals surface area contributed by atoms with Crippen LogP contribution in [0, 0.1) is 10.1 Å². The highest BCUT2D eigenvalue weighted by atomic mass is 16.6. The maximum atomic E-state index is 10.8. The summed E-state index contributed by atoms with van der Waals surface area (Å²) in [5.74, 6) is 0. The Kier molecular flexibility index (Phi) is 6.84. The number of hydrogen-bond acceptors (Lipinski definition) is 3. The van der Waals surface area contributed by atoms with Crippen molar-refractivity contribution in [2.45, 2.75) is 70.4 Å². The van der Waals surface area contributed by atoms with Crippen LogP contribution < -0.4 is 0 Å². The van der Waals surface area contributed by atoms with Crippen molar-refractivity contribution in [1.82, 2.24) is 0 Å². The Labute approximate surface area is 133 Å². The zero-order valence-electron chi connectivity index (χ0n) is 13.5. The molecule has 0 aromatic heterocycles. The monoisotopic (exact) mass is 305 g/mol. The van der Waals surface area contributed by atoms with Gasteiger partial charge in [-0.3, -0.25) is 10.1 Å². The smallest absolute Gasteiger partial charge is 0.238 e. The number of unbranched alkanes of at least 4 members (excludes halogenated alkanes) is 5. The summed E-state index contributed by atoms with van der Waals surface area (Å²) in [4.78, 5) is 10.5. The van der Waals surface area contributed by atoms with Crippen molar-refractivity contribution in [3.63, 3.8) is 0 Å². The second-order valence-corrected chi connectivity index (χ2v) is 6.26. The van der Waals surface area contributed by atoms with Gasteiger partial charge in [-0.1, -0.05) is 63.3 Å². The quantitative estimate of drug-likeness (QED) is 0.377. The number of hydrogen-bond donors (Lipinski definition) is 0. The summed E-state index contributed by atoms with van der Waals surface area (Å²) in [6.45, 7) is 2.47. The van der Waals surface area contributed by atoms with Crippen LogP contribution in [0.2, 0.25) is 0 Å². The van der Waals surface area contributed by atoms with Crippen LogP contribution in [0.25, 0.3) is 0 Å². The predicted octanol–water partition coefficient (Wildman–Crippen LogP) is 4.70. The molecular weight excluding hydrogens is 278 g/mol. The molecule has 1 heterocycles. The second kappa shape index (κ2) is 8.89. The van der Waals surface area contributed by atoms with Gasteiger partial charge in [-0.25, -0.2) is 0 Å². The standard InChI is InChI=1S/C18H27NO3/c1-2-3-4-5-6-7-8-15-9-11-16(12-10-15)18-13-17(14-22-18)19(20)21/h9-12,17-18H,2-8,13-14H2,1H3. The van der Waals surface area contributed by atoms with Gasteiger partial charge in [-0.15, -0.1) is 0 Å². The van der Waals surface area contributed by atoms with Crippen LogP contribution in [0.15, 0.2) is 24.3 Å². The van der Waals surface area contributed by atoms with Crippen LogP contribution >= 0.6 is 0 Å². The molecule has 2 unspecified atom stereocenters. The molecule has 0 saturated carbocycles. The van der Waals surface area contributed by atoms with E-state index in [1.54, 1.807) is 0 Å². The third-order valence-electron chi connectivity index (χ3n) is 4.44. The van der Waals surface area contributed by atoms with E-state index in [2.05, 4.69) is 31.2 Å². The Morgan fingerprint density at radius 2 is 1.82 bits per heavy atom. The molecule has 1 saturated heterocycles. The van der Waals surface area contributed by atoms with Crippen LogP contribution in [0.5, 0.6) is 0 Å². The lowest BCUT2D eigenvalue weighted by Gasteiger charge is -2.10. The highest BCUT2D eigenvalue weighted by molar-refractivity contribution is 5.25. The van der Waals surface area contributed by atoms with Crippen molar-refractivity contribution in [3.8, 4) is 0 Å². The van der Waals surface area contributed by atoms with Crippen LogP contribution in [-0.4, -0.2) is 17.6 Å². The van der Waals surface area contributed by atoms with Gasteiger partial charge >= 0.3 is 0 Å². The highest BCUT2D eigenvalue weighted by Gasteiger charge is 2.34. The first-order valence-corrected chi connectivity index (χ1v) is 8.54. The molecule has 4 nitrogen and oxygen atoms in total. The van der Waals surface area contributed by atoms with Gasteiger partial charge in [0.05, 0.1) is 6.10 Å². The van der Waals surface area contributed by atoms with Gasteiger partial charge in [0, 0.05) is 11.3 Å². The van der Waals surface area contributed by atoms with E-state index in [-0.39, 0.29) is 17.6 Å². The summed E-state index contributed by atoms with van der Waals surface area (Å²) < 4.78 is 5.55. The molecule has 0 radical (unpaired) electrons. The molecule has 1 fully saturated rings. The average molecular weight is 305 g/mol. The summed E-state index contributed by atoms with van der Waals surface area (Å²) >= 11 is 0. The van der Waals surface area contributed by atoms with E-state index in [0.29, 0.717) is 6.42 Å². The number of nitro groups is 1. The Hall–Kier alpha value is -1.42. The third kappa shape index (κ3) is 5.09. The van der Waals surface area contributed by atoms with E-state index < -0.39 is 6.04 Å². The Balaban J connectivity index is 1.73. The Morgan fingerprint density at radius 1 is 1.14 bits per heavy atom. The van der Waals surface area contributed by atoms with Gasteiger partial charge in [0.15, 0.2) is 0 Å². The minimum Gasteiger partial charge on any atom is -0.366 e. The summed E-state index contributed by atoms with van der Waals surface area (Å²) in [5, 5.41) is 10.8. The van der Waals surface area contributed by atoms with Crippen molar-refractivity contribution < 1.29 is 9.66 Å². The highest BCUT2D eigenvalue weighted by Crippen LogP contribution is 2.30. The van der Waals surface area contributed by atoms with E-state index in [1.165, 1.54) is 44.1 Å². The average Bonchev–Trinajstić information content (AvgIpc) is 3.01. The number of aryl methyl sites for hydroxylation is 1. The summed E-state index contributed by atoms with van der Waals surface area (Å²) in [6, 6.07) is 7.88. The van der Waals surface area contributed by atoms with Crippen LogP contribution in [-0.2, 0) is 11.2 Å². The second-order valence-electron chi connectivity index (χ2n) is 6.26. The molecule has 1 aliphatic heterocycles. The molecule has 122 valence electrons. The van der Waals surface area contributed by atoms with E-state index in [9.17, 15) is 10.1 Å². The lowest BCUT2D eigenvalue weighted by molar-refractivity contribution is -0.519. The minimum atomic E-state index is -0.548. The maximum absolute atomic E-state index is 10.8. The van der Waals surface area contributed by atoms with Crippen LogP contribution in [0.4, 0.5) is 0 Å². The molecule has 0 amide bonds. The summed E-state index contributed by atoms with van der Waals surface area (Å²) in [7, 11) is 0.